The first-order valence-corrected chi connectivity index (χ1v) is 8.83. The van der Waals surface area contributed by atoms with Gasteiger partial charge in [-0.05, 0) is 43.0 Å². The topological polar surface area (TPSA) is 58.0 Å². The number of anilines is 2. The van der Waals surface area contributed by atoms with Crippen LogP contribution in [0, 0.1) is 0 Å². The summed E-state index contributed by atoms with van der Waals surface area (Å²) in [7, 11) is 2.09. The van der Waals surface area contributed by atoms with E-state index in [0.717, 1.165) is 48.6 Å². The maximum atomic E-state index is 4.74. The highest BCUT2D eigenvalue weighted by Crippen LogP contribution is 2.27. The number of fused-ring (bicyclic) bond motifs is 2. The summed E-state index contributed by atoms with van der Waals surface area (Å²) in [4.78, 5) is 13.8. The van der Waals surface area contributed by atoms with Crippen molar-refractivity contribution in [3.8, 4) is 0 Å². The second kappa shape index (κ2) is 5.65. The minimum Gasteiger partial charge on any atom is -0.352 e. The summed E-state index contributed by atoms with van der Waals surface area (Å²) in [5, 5.41) is 8.81. The number of likely N-dealkylation sites (N-methyl/N-ethyl adjacent to an activating group) is 1. The van der Waals surface area contributed by atoms with Crippen LogP contribution in [0.25, 0.3) is 11.0 Å². The molecule has 3 aromatic rings. The van der Waals surface area contributed by atoms with Gasteiger partial charge in [0.1, 0.15) is 5.82 Å². The van der Waals surface area contributed by atoms with Gasteiger partial charge in [-0.1, -0.05) is 12.1 Å². The van der Waals surface area contributed by atoms with Crippen molar-refractivity contribution in [2.45, 2.75) is 25.3 Å². The molecule has 0 unspecified atom stereocenters. The fourth-order valence-corrected chi connectivity index (χ4v) is 3.66. The molecule has 25 heavy (non-hydrogen) atoms. The monoisotopic (exact) mass is 332 g/mol. The highest BCUT2D eigenvalue weighted by atomic mass is 15.4. The maximum absolute atomic E-state index is 4.74. The maximum Gasteiger partial charge on any atom is 0.151 e. The van der Waals surface area contributed by atoms with Crippen LogP contribution in [0.15, 0.2) is 36.5 Å². The first-order valence-electron chi connectivity index (χ1n) is 8.83. The predicted molar refractivity (Wildman–Crippen MR) is 98.0 cm³/mol. The van der Waals surface area contributed by atoms with Crippen LogP contribution in [-0.4, -0.2) is 46.3 Å². The number of rotatable bonds is 3. The molecule has 0 bridgehead atoms. The van der Waals surface area contributed by atoms with Crippen LogP contribution in [0.1, 0.15) is 17.7 Å². The van der Waals surface area contributed by atoms with Gasteiger partial charge in [0.05, 0.1) is 29.0 Å². The Morgan fingerprint density at radius 1 is 1.08 bits per heavy atom. The van der Waals surface area contributed by atoms with Crippen LogP contribution >= 0.6 is 0 Å². The molecule has 0 amide bonds. The van der Waals surface area contributed by atoms with Crippen molar-refractivity contribution < 1.29 is 0 Å². The van der Waals surface area contributed by atoms with Crippen molar-refractivity contribution in [2.75, 3.05) is 29.9 Å². The van der Waals surface area contributed by atoms with Crippen molar-refractivity contribution in [1.82, 2.24) is 20.2 Å². The molecular formula is C19H20N6. The molecule has 2 aromatic heterocycles. The van der Waals surface area contributed by atoms with Crippen molar-refractivity contribution in [2.24, 2.45) is 0 Å². The Labute approximate surface area is 146 Å². The van der Waals surface area contributed by atoms with Crippen molar-refractivity contribution in [3.63, 3.8) is 0 Å². The molecule has 0 N–H and O–H groups in total. The molecule has 1 aromatic carbocycles. The predicted octanol–water partition coefficient (Wildman–Crippen LogP) is 2.23. The third kappa shape index (κ3) is 2.49. The Morgan fingerprint density at radius 2 is 1.92 bits per heavy atom. The van der Waals surface area contributed by atoms with Crippen LogP contribution < -0.4 is 9.80 Å². The quantitative estimate of drug-likeness (QED) is 0.733. The molecule has 1 fully saturated rings. The number of aryl methyl sites for hydroxylation is 2. The van der Waals surface area contributed by atoms with Gasteiger partial charge in [0.2, 0.25) is 0 Å². The van der Waals surface area contributed by atoms with Crippen LogP contribution in [-0.2, 0) is 12.8 Å². The lowest BCUT2D eigenvalue weighted by molar-refractivity contribution is 0.487. The van der Waals surface area contributed by atoms with E-state index in [1.165, 1.54) is 17.7 Å². The number of hydrogen-bond acceptors (Lipinski definition) is 6. The first kappa shape index (κ1) is 14.6. The summed E-state index contributed by atoms with van der Waals surface area (Å²) in [5.41, 5.74) is 4.43. The van der Waals surface area contributed by atoms with Gasteiger partial charge in [-0.25, -0.2) is 4.98 Å². The summed E-state index contributed by atoms with van der Waals surface area (Å²) in [6, 6.07) is 10.6. The van der Waals surface area contributed by atoms with Gasteiger partial charge in [-0.3, -0.25) is 4.98 Å². The third-order valence-electron chi connectivity index (χ3n) is 5.34. The van der Waals surface area contributed by atoms with Crippen molar-refractivity contribution in [3.05, 3.63) is 47.8 Å². The van der Waals surface area contributed by atoms with Crippen molar-refractivity contribution in [1.29, 1.82) is 0 Å². The number of para-hydroxylation sites is 2. The van der Waals surface area contributed by atoms with E-state index in [0.29, 0.717) is 6.04 Å². The van der Waals surface area contributed by atoms with Crippen LogP contribution in [0.5, 0.6) is 0 Å². The van der Waals surface area contributed by atoms with Crippen LogP contribution in [0.4, 0.5) is 11.6 Å². The highest BCUT2D eigenvalue weighted by molar-refractivity contribution is 5.75. The lowest BCUT2D eigenvalue weighted by atomic mass is 10.1. The molecular weight excluding hydrogens is 312 g/mol. The van der Waals surface area contributed by atoms with Crippen molar-refractivity contribution >= 4 is 22.7 Å². The van der Waals surface area contributed by atoms with E-state index in [4.69, 9.17) is 4.98 Å². The average molecular weight is 332 g/mol. The number of aromatic nitrogens is 4. The van der Waals surface area contributed by atoms with E-state index in [1.807, 2.05) is 30.5 Å². The molecule has 5 rings (SSSR count). The van der Waals surface area contributed by atoms with E-state index < -0.39 is 0 Å². The molecule has 0 atom stereocenters. The Morgan fingerprint density at radius 3 is 2.80 bits per heavy atom. The molecule has 0 radical (unpaired) electrons. The minimum atomic E-state index is 0.422. The molecule has 126 valence electrons. The standard InChI is InChI=1S/C19H20N6/c1-24(19-10-20-16-6-2-3-7-17(16)21-19)14-11-25(12-14)18-9-13-5-4-8-15(13)22-23-18/h2-3,6-7,9-10,14H,4-5,8,11-12H2,1H3. The lowest BCUT2D eigenvalue weighted by Gasteiger charge is -2.44. The second-order valence-corrected chi connectivity index (χ2v) is 6.91. The Bertz CT molecular complexity index is 934. The summed E-state index contributed by atoms with van der Waals surface area (Å²) >= 11 is 0. The average Bonchev–Trinajstić information content (AvgIpc) is 3.08. The lowest BCUT2D eigenvalue weighted by Crippen LogP contribution is -2.59. The van der Waals surface area contributed by atoms with Gasteiger partial charge in [0, 0.05) is 20.1 Å². The van der Waals surface area contributed by atoms with Gasteiger partial charge in [-0.2, -0.15) is 5.10 Å². The molecule has 6 nitrogen and oxygen atoms in total. The number of nitrogens with zero attached hydrogens (tertiary/aromatic N) is 6. The Kier molecular flexibility index (Phi) is 3.29. The van der Waals surface area contributed by atoms with Gasteiger partial charge < -0.3 is 9.80 Å². The first-order chi connectivity index (χ1) is 12.3. The summed E-state index contributed by atoms with van der Waals surface area (Å²) < 4.78 is 0. The van der Waals surface area contributed by atoms with Gasteiger partial charge in [-0.15, -0.1) is 5.10 Å². The summed E-state index contributed by atoms with van der Waals surface area (Å²) in [6.07, 6.45) is 5.29. The number of benzene rings is 1. The second-order valence-electron chi connectivity index (χ2n) is 6.91. The molecule has 1 aliphatic heterocycles. The van der Waals surface area contributed by atoms with Crippen LogP contribution in [0.3, 0.4) is 0 Å². The molecule has 2 aliphatic rings. The summed E-state index contributed by atoms with van der Waals surface area (Å²) in [5.74, 6) is 1.93. The van der Waals surface area contributed by atoms with E-state index in [2.05, 4.69) is 38.1 Å². The SMILES string of the molecule is CN(c1cnc2ccccc2n1)C1CN(c2cc3c(nn2)CCC3)C1. The number of hydrogen-bond donors (Lipinski definition) is 0. The van der Waals surface area contributed by atoms with Crippen LogP contribution in [0.2, 0.25) is 0 Å². The normalized spacial score (nSPS) is 16.8. The van der Waals surface area contributed by atoms with Gasteiger partial charge >= 0.3 is 0 Å². The zero-order chi connectivity index (χ0) is 16.8. The Balaban J connectivity index is 1.30. The fraction of sp³-hybridized carbons (Fsp3) is 0.368. The molecule has 0 spiro atoms. The molecule has 1 aliphatic carbocycles. The minimum absolute atomic E-state index is 0.422. The van der Waals surface area contributed by atoms with E-state index in [-0.39, 0.29) is 0 Å². The largest absolute Gasteiger partial charge is 0.352 e. The highest BCUT2D eigenvalue weighted by Gasteiger charge is 2.32. The van der Waals surface area contributed by atoms with Gasteiger partial charge in [0.25, 0.3) is 0 Å². The fourth-order valence-electron chi connectivity index (χ4n) is 3.66. The van der Waals surface area contributed by atoms with E-state index in [9.17, 15) is 0 Å². The Hall–Kier alpha value is -2.76. The zero-order valence-electron chi connectivity index (χ0n) is 14.3. The van der Waals surface area contributed by atoms with E-state index >= 15 is 0 Å². The third-order valence-corrected chi connectivity index (χ3v) is 5.34. The zero-order valence-corrected chi connectivity index (χ0v) is 14.3. The molecule has 3 heterocycles. The smallest absolute Gasteiger partial charge is 0.151 e. The molecule has 6 heteroatoms. The van der Waals surface area contributed by atoms with E-state index in [1.54, 1.807) is 0 Å². The molecule has 1 saturated heterocycles. The molecule has 0 saturated carbocycles. The van der Waals surface area contributed by atoms with Gasteiger partial charge in [0.15, 0.2) is 5.82 Å². The summed E-state index contributed by atoms with van der Waals surface area (Å²) in [6.45, 7) is 1.89.